The lowest BCUT2D eigenvalue weighted by atomic mass is 9.93. The first-order valence-corrected chi connectivity index (χ1v) is 10.5. The third-order valence-corrected chi connectivity index (χ3v) is 5.31. The lowest BCUT2D eigenvalue weighted by Crippen LogP contribution is -2.17. The molecule has 1 aromatic carbocycles. The van der Waals surface area contributed by atoms with Crippen molar-refractivity contribution in [2.75, 3.05) is 13.1 Å². The Labute approximate surface area is 186 Å². The van der Waals surface area contributed by atoms with E-state index in [4.69, 9.17) is 4.74 Å². The molecule has 0 radical (unpaired) electrons. The topological polar surface area (TPSA) is 88.4 Å². The fourth-order valence-electron chi connectivity index (χ4n) is 3.56. The van der Waals surface area contributed by atoms with Crippen molar-refractivity contribution in [3.63, 3.8) is 0 Å². The van der Waals surface area contributed by atoms with Gasteiger partial charge in [0.1, 0.15) is 17.9 Å². The summed E-state index contributed by atoms with van der Waals surface area (Å²) < 4.78 is 17.9. The van der Waals surface area contributed by atoms with E-state index in [1.807, 2.05) is 32.0 Å². The number of aromatic nitrogens is 3. The molecule has 4 rings (SSSR count). The van der Waals surface area contributed by atoms with Crippen LogP contribution in [0, 0.1) is 12.7 Å². The molecule has 1 fully saturated rings. The van der Waals surface area contributed by atoms with Crippen molar-refractivity contribution in [3.05, 3.63) is 77.3 Å². The second-order valence-corrected chi connectivity index (χ2v) is 7.53. The Bertz CT molecular complexity index is 1010. The highest BCUT2D eigenvalue weighted by Crippen LogP contribution is 2.32. The van der Waals surface area contributed by atoms with Crippen molar-refractivity contribution in [3.8, 4) is 11.6 Å². The minimum Gasteiger partial charge on any atom is -0.439 e. The zero-order chi connectivity index (χ0) is 22.9. The Morgan fingerprint density at radius 3 is 2.69 bits per heavy atom. The van der Waals surface area contributed by atoms with Gasteiger partial charge in [0.2, 0.25) is 12.3 Å². The van der Waals surface area contributed by atoms with Crippen LogP contribution in [0.15, 0.2) is 49.1 Å². The number of aliphatic hydroxyl groups excluding tert-OH is 1. The number of hydrogen-bond acceptors (Lipinski definition) is 6. The molecular weight excluding hydrogens is 411 g/mol. The van der Waals surface area contributed by atoms with E-state index in [0.29, 0.717) is 18.2 Å². The van der Waals surface area contributed by atoms with Crippen LogP contribution in [0.3, 0.4) is 0 Å². The lowest BCUT2D eigenvalue weighted by molar-refractivity contribution is -0.117. The standard InChI is InChI=1S/C18H21N3O3.C6H6FN/c1-2-13-8-19-11-20-18(13)24-16-3-4-17(15(7-16)10-22)14-5-6-21(9-14)12-23;1-5-2-3-6(7)4-8-5/h3-4,7-8,11-12,14,22H,2,5-6,9-10H2,1H3;2-4H,1H3. The van der Waals surface area contributed by atoms with Crippen LogP contribution in [-0.4, -0.2) is 44.5 Å². The Morgan fingerprint density at radius 2 is 2.06 bits per heavy atom. The summed E-state index contributed by atoms with van der Waals surface area (Å²) in [5, 5.41) is 9.73. The van der Waals surface area contributed by atoms with Gasteiger partial charge in [-0.1, -0.05) is 13.0 Å². The van der Waals surface area contributed by atoms with Crippen molar-refractivity contribution < 1.29 is 19.0 Å². The first kappa shape index (κ1) is 23.3. The third-order valence-electron chi connectivity index (χ3n) is 5.31. The summed E-state index contributed by atoms with van der Waals surface area (Å²) in [4.78, 5) is 24.6. The molecule has 2 aromatic heterocycles. The highest BCUT2D eigenvalue weighted by Gasteiger charge is 2.24. The fourth-order valence-corrected chi connectivity index (χ4v) is 3.56. The van der Waals surface area contributed by atoms with Crippen LogP contribution in [0.5, 0.6) is 11.6 Å². The van der Waals surface area contributed by atoms with Gasteiger partial charge in [-0.15, -0.1) is 0 Å². The smallest absolute Gasteiger partial charge is 0.225 e. The summed E-state index contributed by atoms with van der Waals surface area (Å²) in [6, 6.07) is 8.74. The molecule has 0 aliphatic carbocycles. The maximum Gasteiger partial charge on any atom is 0.225 e. The van der Waals surface area contributed by atoms with Gasteiger partial charge in [0, 0.05) is 36.5 Å². The fraction of sp³-hybridized carbons (Fsp3) is 0.333. The maximum absolute atomic E-state index is 12.0. The van der Waals surface area contributed by atoms with Crippen molar-refractivity contribution in [1.82, 2.24) is 19.9 Å². The normalized spacial score (nSPS) is 15.1. The van der Waals surface area contributed by atoms with Gasteiger partial charge in [-0.3, -0.25) is 9.78 Å². The molecule has 8 heteroatoms. The van der Waals surface area contributed by atoms with E-state index >= 15 is 0 Å². The van der Waals surface area contributed by atoms with Crippen LogP contribution in [0.4, 0.5) is 4.39 Å². The minimum atomic E-state index is -0.282. The van der Waals surface area contributed by atoms with Crippen LogP contribution in [0.25, 0.3) is 0 Å². The highest BCUT2D eigenvalue weighted by molar-refractivity contribution is 5.49. The Balaban J connectivity index is 0.000000305. The van der Waals surface area contributed by atoms with E-state index in [9.17, 15) is 14.3 Å². The first-order valence-electron chi connectivity index (χ1n) is 10.5. The number of rotatable bonds is 6. The van der Waals surface area contributed by atoms with Gasteiger partial charge in [0.15, 0.2) is 0 Å². The maximum atomic E-state index is 12.0. The number of aliphatic hydroxyl groups is 1. The Morgan fingerprint density at radius 1 is 1.22 bits per heavy atom. The summed E-state index contributed by atoms with van der Waals surface area (Å²) in [7, 11) is 0. The first-order chi connectivity index (χ1) is 15.5. The molecule has 7 nitrogen and oxygen atoms in total. The van der Waals surface area contributed by atoms with Gasteiger partial charge in [0.25, 0.3) is 0 Å². The number of carbonyl (C=O) groups excluding carboxylic acids is 1. The van der Waals surface area contributed by atoms with Gasteiger partial charge in [-0.2, -0.15) is 0 Å². The van der Waals surface area contributed by atoms with Gasteiger partial charge in [-0.05, 0) is 55.2 Å². The average Bonchev–Trinajstić information content (AvgIpc) is 3.31. The predicted molar refractivity (Wildman–Crippen MR) is 118 cm³/mol. The van der Waals surface area contributed by atoms with E-state index in [-0.39, 0.29) is 18.3 Å². The van der Waals surface area contributed by atoms with E-state index in [1.54, 1.807) is 17.2 Å². The number of carbonyl (C=O) groups is 1. The zero-order valence-corrected chi connectivity index (χ0v) is 18.2. The van der Waals surface area contributed by atoms with Crippen LogP contribution >= 0.6 is 0 Å². The number of pyridine rings is 1. The zero-order valence-electron chi connectivity index (χ0n) is 18.2. The molecule has 1 aliphatic rings. The third kappa shape index (κ3) is 6.07. The second kappa shape index (κ2) is 11.3. The molecule has 0 spiro atoms. The average molecular weight is 439 g/mol. The van der Waals surface area contributed by atoms with E-state index in [1.165, 1.54) is 18.6 Å². The Hall–Kier alpha value is -3.39. The number of hydrogen-bond donors (Lipinski definition) is 1. The molecule has 32 heavy (non-hydrogen) atoms. The number of aryl methyl sites for hydroxylation is 2. The summed E-state index contributed by atoms with van der Waals surface area (Å²) in [5.74, 6) is 1.16. The molecule has 1 unspecified atom stereocenters. The van der Waals surface area contributed by atoms with Crippen LogP contribution < -0.4 is 4.74 Å². The van der Waals surface area contributed by atoms with Gasteiger partial charge < -0.3 is 14.7 Å². The lowest BCUT2D eigenvalue weighted by Gasteiger charge is -2.16. The van der Waals surface area contributed by atoms with Crippen LogP contribution in [0.1, 0.15) is 41.6 Å². The minimum absolute atomic E-state index is 0.0610. The van der Waals surface area contributed by atoms with E-state index in [0.717, 1.165) is 48.2 Å². The number of amides is 1. The molecule has 1 aliphatic heterocycles. The summed E-state index contributed by atoms with van der Waals surface area (Å²) >= 11 is 0. The van der Waals surface area contributed by atoms with Crippen molar-refractivity contribution in [2.24, 2.45) is 0 Å². The molecule has 3 heterocycles. The van der Waals surface area contributed by atoms with Crippen molar-refractivity contribution >= 4 is 6.41 Å². The SMILES string of the molecule is CCc1cncnc1Oc1ccc(C2CCN(C=O)C2)c(CO)c1.Cc1ccc(F)cn1. The monoisotopic (exact) mass is 438 g/mol. The molecule has 0 saturated carbocycles. The number of halogens is 1. The molecule has 168 valence electrons. The van der Waals surface area contributed by atoms with Crippen molar-refractivity contribution in [2.45, 2.75) is 39.2 Å². The highest BCUT2D eigenvalue weighted by atomic mass is 19.1. The van der Waals surface area contributed by atoms with E-state index < -0.39 is 0 Å². The predicted octanol–water partition coefficient (Wildman–Crippen LogP) is 3.80. The number of ether oxygens (including phenoxy) is 1. The molecule has 0 bridgehead atoms. The number of nitrogens with zero attached hydrogens (tertiary/aromatic N) is 4. The Kier molecular flexibility index (Phi) is 8.21. The number of benzene rings is 1. The van der Waals surface area contributed by atoms with E-state index in [2.05, 4.69) is 15.0 Å². The molecule has 1 amide bonds. The number of likely N-dealkylation sites (tertiary alicyclic amines) is 1. The summed E-state index contributed by atoms with van der Waals surface area (Å²) in [6.45, 7) is 5.24. The molecular formula is C24H27FN4O3. The largest absolute Gasteiger partial charge is 0.439 e. The molecule has 1 N–H and O–H groups in total. The quantitative estimate of drug-likeness (QED) is 0.589. The molecule has 3 aromatic rings. The summed E-state index contributed by atoms with van der Waals surface area (Å²) in [6.07, 6.45) is 6.99. The van der Waals surface area contributed by atoms with Crippen LogP contribution in [0.2, 0.25) is 0 Å². The van der Waals surface area contributed by atoms with Gasteiger partial charge >= 0.3 is 0 Å². The molecule has 1 atom stereocenters. The van der Waals surface area contributed by atoms with Gasteiger partial charge in [-0.25, -0.2) is 14.4 Å². The second-order valence-electron chi connectivity index (χ2n) is 7.53. The van der Waals surface area contributed by atoms with Crippen LogP contribution in [-0.2, 0) is 17.8 Å². The van der Waals surface area contributed by atoms with Gasteiger partial charge in [0.05, 0.1) is 12.8 Å². The molecule has 1 saturated heterocycles. The van der Waals surface area contributed by atoms with Crippen molar-refractivity contribution in [1.29, 1.82) is 0 Å². The summed E-state index contributed by atoms with van der Waals surface area (Å²) in [5.41, 5.74) is 3.68.